The molecule has 1 aromatic rings. The Balaban J connectivity index is 1.67. The monoisotopic (exact) mass is 465 g/mol. The molecule has 8 nitrogen and oxygen atoms in total. The summed E-state index contributed by atoms with van der Waals surface area (Å²) in [4.78, 5) is 46.2. The molecular weight excluding hydrogens is 434 g/mol. The minimum Gasteiger partial charge on any atom is -0.395 e. The van der Waals surface area contributed by atoms with E-state index in [1.807, 2.05) is 63.3 Å². The third-order valence-electron chi connectivity index (χ3n) is 7.75. The highest BCUT2D eigenvalue weighted by Crippen LogP contribution is 2.57. The van der Waals surface area contributed by atoms with Crippen LogP contribution in [0.25, 0.3) is 0 Å². The van der Waals surface area contributed by atoms with Gasteiger partial charge in [-0.25, -0.2) is 0 Å². The number of fused-ring (bicyclic) bond motifs is 2. The minimum absolute atomic E-state index is 0.00532. The molecule has 0 saturated carbocycles. The fourth-order valence-corrected chi connectivity index (χ4v) is 6.22. The molecule has 2 fully saturated rings. The molecule has 4 heterocycles. The van der Waals surface area contributed by atoms with E-state index in [4.69, 9.17) is 4.74 Å². The molecule has 4 aliphatic heterocycles. The van der Waals surface area contributed by atoms with Crippen molar-refractivity contribution >= 4 is 23.4 Å². The van der Waals surface area contributed by atoms with Crippen LogP contribution in [0.2, 0.25) is 0 Å². The summed E-state index contributed by atoms with van der Waals surface area (Å²) in [5.41, 5.74) is 0.426. The van der Waals surface area contributed by atoms with Crippen LogP contribution in [0, 0.1) is 25.7 Å². The van der Waals surface area contributed by atoms with E-state index in [0.29, 0.717) is 13.1 Å². The van der Waals surface area contributed by atoms with Crippen LogP contribution in [0.1, 0.15) is 18.1 Å². The van der Waals surface area contributed by atoms with E-state index in [1.54, 1.807) is 16.8 Å². The fraction of sp³-hybridized carbons (Fsp3) is 0.500. The van der Waals surface area contributed by atoms with Crippen LogP contribution in [0.5, 0.6) is 0 Å². The van der Waals surface area contributed by atoms with Crippen LogP contribution in [0.4, 0.5) is 5.69 Å². The Morgan fingerprint density at radius 3 is 2.50 bits per heavy atom. The van der Waals surface area contributed by atoms with Crippen molar-refractivity contribution in [2.75, 3.05) is 38.2 Å². The number of benzene rings is 1. The molecule has 34 heavy (non-hydrogen) atoms. The van der Waals surface area contributed by atoms with Gasteiger partial charge in [-0.1, -0.05) is 36.4 Å². The summed E-state index contributed by atoms with van der Waals surface area (Å²) in [5.74, 6) is -2.40. The molecule has 1 aromatic carbocycles. The Labute approximate surface area is 199 Å². The van der Waals surface area contributed by atoms with Gasteiger partial charge in [0, 0.05) is 32.4 Å². The topological polar surface area (TPSA) is 90.4 Å². The average Bonchev–Trinajstić information content (AvgIpc) is 3.05. The highest BCUT2D eigenvalue weighted by molar-refractivity contribution is 6.06. The van der Waals surface area contributed by atoms with E-state index in [0.717, 1.165) is 16.8 Å². The van der Waals surface area contributed by atoms with Gasteiger partial charge in [0.2, 0.25) is 11.8 Å². The van der Waals surface area contributed by atoms with Gasteiger partial charge in [0.05, 0.1) is 24.0 Å². The number of rotatable bonds is 3. The van der Waals surface area contributed by atoms with E-state index in [1.165, 1.54) is 4.90 Å². The summed E-state index contributed by atoms with van der Waals surface area (Å²) in [6, 6.07) is 4.95. The summed E-state index contributed by atoms with van der Waals surface area (Å²) in [6.45, 7) is 6.20. The smallest absolute Gasteiger partial charge is 0.253 e. The molecule has 3 amide bonds. The van der Waals surface area contributed by atoms with Crippen molar-refractivity contribution in [1.29, 1.82) is 0 Å². The molecule has 2 saturated heterocycles. The number of ether oxygens (including phenoxy) is 1. The van der Waals surface area contributed by atoms with Gasteiger partial charge in [-0.3, -0.25) is 14.4 Å². The number of hydrogen-bond acceptors (Lipinski definition) is 5. The number of carbonyl (C=O) groups excluding carboxylic acids is 3. The lowest BCUT2D eigenvalue weighted by Gasteiger charge is -2.37. The largest absolute Gasteiger partial charge is 0.395 e. The van der Waals surface area contributed by atoms with Crippen LogP contribution in [0.15, 0.2) is 42.5 Å². The first kappa shape index (κ1) is 22.8. The van der Waals surface area contributed by atoms with Gasteiger partial charge in [-0.2, -0.15) is 0 Å². The number of anilines is 1. The lowest BCUT2D eigenvalue weighted by atomic mass is 9.74. The highest BCUT2D eigenvalue weighted by atomic mass is 16.5. The molecule has 5 rings (SSSR count). The summed E-state index contributed by atoms with van der Waals surface area (Å²) in [5, 5.41) is 9.77. The molecule has 4 aliphatic rings. The second kappa shape index (κ2) is 7.78. The van der Waals surface area contributed by atoms with Crippen molar-refractivity contribution in [1.82, 2.24) is 9.80 Å². The number of nitrogens with zero attached hydrogens (tertiary/aromatic N) is 3. The maximum Gasteiger partial charge on any atom is 0.253 e. The molecule has 1 unspecified atom stereocenters. The number of likely N-dealkylation sites (N-methyl/N-ethyl adjacent to an activating group) is 1. The van der Waals surface area contributed by atoms with Gasteiger partial charge in [0.15, 0.2) is 0 Å². The number of amides is 3. The van der Waals surface area contributed by atoms with Crippen molar-refractivity contribution in [2.24, 2.45) is 11.8 Å². The normalized spacial score (nSPS) is 34.8. The Bertz CT molecular complexity index is 1130. The van der Waals surface area contributed by atoms with Crippen LogP contribution < -0.4 is 4.90 Å². The summed E-state index contributed by atoms with van der Waals surface area (Å²) >= 11 is 0. The molecule has 1 spiro atoms. The van der Waals surface area contributed by atoms with Gasteiger partial charge < -0.3 is 24.5 Å². The number of aliphatic hydroxyl groups excluding tert-OH is 1. The number of likely N-dealkylation sites (tertiary alicyclic amines) is 1. The SMILES string of the molecule is Cc1ccc(C)c(N2CC=C[C@]34O[C@@]5(C)C=CCN(C)C(=O)[C@H]5[C@H]3C(=O)N(CCO)C4C2=O)c1. The Morgan fingerprint density at radius 1 is 1.03 bits per heavy atom. The van der Waals surface area contributed by atoms with Crippen molar-refractivity contribution in [3.05, 3.63) is 53.6 Å². The molecule has 0 aliphatic carbocycles. The second-order valence-electron chi connectivity index (χ2n) is 10.0. The first-order chi connectivity index (χ1) is 16.1. The second-order valence-corrected chi connectivity index (χ2v) is 10.0. The quantitative estimate of drug-likeness (QED) is 0.678. The third kappa shape index (κ3) is 3.01. The van der Waals surface area contributed by atoms with Gasteiger partial charge in [-0.05, 0) is 38.0 Å². The third-order valence-corrected chi connectivity index (χ3v) is 7.75. The standard InChI is InChI=1S/C26H31N3O5/c1-16-7-8-17(2)18(15-16)28-12-6-10-26-20(23(32)29(13-14-30)21(26)24(28)33)19-22(31)27(4)11-5-9-25(19,3)34-26/h5-10,15,19-21,30H,11-14H2,1-4H3/t19-,20+,21?,25+,26+/m1/s1. The lowest BCUT2D eigenvalue weighted by molar-refractivity contribution is -0.148. The average molecular weight is 466 g/mol. The maximum atomic E-state index is 14.2. The number of aryl methyl sites for hydroxylation is 2. The Morgan fingerprint density at radius 2 is 1.76 bits per heavy atom. The van der Waals surface area contributed by atoms with Crippen molar-refractivity contribution < 1.29 is 24.2 Å². The predicted molar refractivity (Wildman–Crippen MR) is 126 cm³/mol. The maximum absolute atomic E-state index is 14.2. The van der Waals surface area contributed by atoms with Gasteiger partial charge in [0.1, 0.15) is 11.6 Å². The highest BCUT2D eigenvalue weighted by Gasteiger charge is 2.74. The molecule has 0 aromatic heterocycles. The molecule has 0 bridgehead atoms. The van der Waals surface area contributed by atoms with Crippen LogP contribution in [-0.2, 0) is 19.1 Å². The number of aliphatic hydroxyl groups is 1. The zero-order valence-electron chi connectivity index (χ0n) is 20.0. The van der Waals surface area contributed by atoms with E-state index in [-0.39, 0.29) is 30.9 Å². The molecule has 8 heteroatoms. The Hall–Kier alpha value is -2.97. The van der Waals surface area contributed by atoms with Crippen LogP contribution in [0.3, 0.4) is 0 Å². The zero-order chi connectivity index (χ0) is 24.4. The number of hydrogen-bond donors (Lipinski definition) is 1. The van der Waals surface area contributed by atoms with E-state index in [2.05, 4.69) is 0 Å². The van der Waals surface area contributed by atoms with E-state index in [9.17, 15) is 19.5 Å². The van der Waals surface area contributed by atoms with Crippen molar-refractivity contribution in [3.63, 3.8) is 0 Å². The molecular formula is C26H31N3O5. The van der Waals surface area contributed by atoms with Gasteiger partial charge >= 0.3 is 0 Å². The van der Waals surface area contributed by atoms with Gasteiger partial charge in [-0.15, -0.1) is 0 Å². The number of carbonyl (C=O) groups is 3. The molecule has 0 radical (unpaired) electrons. The van der Waals surface area contributed by atoms with Crippen molar-refractivity contribution in [2.45, 2.75) is 38.0 Å². The predicted octanol–water partition coefficient (Wildman–Crippen LogP) is 1.20. The zero-order valence-corrected chi connectivity index (χ0v) is 20.0. The van der Waals surface area contributed by atoms with E-state index < -0.39 is 29.1 Å². The Kier molecular flexibility index (Phi) is 5.22. The minimum atomic E-state index is -1.30. The first-order valence-corrected chi connectivity index (χ1v) is 11.7. The van der Waals surface area contributed by atoms with Crippen LogP contribution >= 0.6 is 0 Å². The summed E-state index contributed by atoms with van der Waals surface area (Å²) in [6.07, 6.45) is 7.43. The summed E-state index contributed by atoms with van der Waals surface area (Å²) < 4.78 is 6.69. The molecule has 180 valence electrons. The summed E-state index contributed by atoms with van der Waals surface area (Å²) in [7, 11) is 1.71. The lowest BCUT2D eigenvalue weighted by Crippen LogP contribution is -2.56. The van der Waals surface area contributed by atoms with Crippen LogP contribution in [-0.4, -0.2) is 83.2 Å². The number of β-amino-alcohol motifs (C(OH)–C–C–N with tert-alkyl or cyclic N) is 1. The van der Waals surface area contributed by atoms with Gasteiger partial charge in [0.25, 0.3) is 5.91 Å². The fourth-order valence-electron chi connectivity index (χ4n) is 6.22. The molecule has 1 N–H and O–H groups in total. The van der Waals surface area contributed by atoms with E-state index >= 15 is 0 Å². The first-order valence-electron chi connectivity index (χ1n) is 11.7. The molecule has 5 atom stereocenters. The van der Waals surface area contributed by atoms with Crippen molar-refractivity contribution in [3.8, 4) is 0 Å².